The first kappa shape index (κ1) is 10.2. The Kier molecular flexibility index (Phi) is 2.67. The van der Waals surface area contributed by atoms with E-state index in [1.807, 2.05) is 41.4 Å². The van der Waals surface area contributed by atoms with Gasteiger partial charge in [-0.2, -0.15) is 0 Å². The van der Waals surface area contributed by atoms with Crippen molar-refractivity contribution in [2.75, 3.05) is 5.32 Å². The molecule has 3 rings (SSSR count). The monoisotopic (exact) mass is 242 g/mol. The highest BCUT2D eigenvalue weighted by atomic mass is 32.1. The summed E-state index contributed by atoms with van der Waals surface area (Å²) < 4.78 is 0. The zero-order chi connectivity index (χ0) is 11.5. The Morgan fingerprint density at radius 3 is 3.00 bits per heavy atom. The van der Waals surface area contributed by atoms with E-state index in [2.05, 4.69) is 20.3 Å². The predicted molar refractivity (Wildman–Crippen MR) is 69.0 cm³/mol. The molecule has 0 saturated carbocycles. The molecule has 0 aliphatic heterocycles. The number of nitrogens with one attached hydrogen (secondary N) is 1. The zero-order valence-electron chi connectivity index (χ0n) is 9.00. The summed E-state index contributed by atoms with van der Waals surface area (Å²) in [5.74, 6) is 0.636. The first-order chi connectivity index (χ1) is 8.42. The number of fused-ring (bicyclic) bond motifs is 1. The topological polar surface area (TPSA) is 50.7 Å². The number of benzene rings is 1. The number of para-hydroxylation sites is 1. The van der Waals surface area contributed by atoms with Crippen molar-refractivity contribution < 1.29 is 0 Å². The molecule has 0 atom stereocenters. The molecule has 0 aliphatic carbocycles. The van der Waals surface area contributed by atoms with Crippen molar-refractivity contribution >= 4 is 28.2 Å². The third kappa shape index (κ3) is 2.24. The molecule has 1 N–H and O–H groups in total. The van der Waals surface area contributed by atoms with Crippen LogP contribution in [0.4, 0.5) is 5.95 Å². The van der Waals surface area contributed by atoms with Crippen molar-refractivity contribution in [3.8, 4) is 0 Å². The van der Waals surface area contributed by atoms with Crippen molar-refractivity contribution in [1.82, 2.24) is 15.0 Å². The number of anilines is 1. The molecule has 0 unspecified atom stereocenters. The van der Waals surface area contributed by atoms with Gasteiger partial charge in [-0.25, -0.2) is 15.0 Å². The molecular weight excluding hydrogens is 232 g/mol. The number of thiazole rings is 1. The molecule has 2 heterocycles. The van der Waals surface area contributed by atoms with E-state index in [-0.39, 0.29) is 0 Å². The normalized spacial score (nSPS) is 10.6. The summed E-state index contributed by atoms with van der Waals surface area (Å²) >= 11 is 1.59. The van der Waals surface area contributed by atoms with Crippen LogP contribution in [0.25, 0.3) is 10.9 Å². The standard InChI is InChI=1S/C12H10N4S/c1-2-4-11-9(3-1)5-13-12(16-11)14-6-10-7-17-8-15-10/h1-5,7-8H,6H2,(H,13,14,16). The summed E-state index contributed by atoms with van der Waals surface area (Å²) in [5, 5.41) is 6.22. The molecule has 17 heavy (non-hydrogen) atoms. The maximum absolute atomic E-state index is 4.43. The van der Waals surface area contributed by atoms with Gasteiger partial charge in [0, 0.05) is 17.0 Å². The number of rotatable bonds is 3. The molecule has 3 aromatic rings. The Morgan fingerprint density at radius 2 is 2.12 bits per heavy atom. The van der Waals surface area contributed by atoms with Crippen LogP contribution < -0.4 is 5.32 Å². The van der Waals surface area contributed by atoms with Gasteiger partial charge in [0.25, 0.3) is 0 Å². The fraction of sp³-hybridized carbons (Fsp3) is 0.0833. The Morgan fingerprint density at radius 1 is 1.18 bits per heavy atom. The third-order valence-electron chi connectivity index (χ3n) is 2.40. The highest BCUT2D eigenvalue weighted by Gasteiger charge is 2.00. The Hall–Kier alpha value is -2.01. The van der Waals surface area contributed by atoms with Crippen molar-refractivity contribution in [3.63, 3.8) is 0 Å². The van der Waals surface area contributed by atoms with E-state index in [1.165, 1.54) is 0 Å². The summed E-state index contributed by atoms with van der Waals surface area (Å²) in [7, 11) is 0. The fourth-order valence-corrected chi connectivity index (χ4v) is 2.11. The molecule has 84 valence electrons. The number of nitrogens with zero attached hydrogens (tertiary/aromatic N) is 3. The van der Waals surface area contributed by atoms with Gasteiger partial charge in [-0.1, -0.05) is 18.2 Å². The quantitative estimate of drug-likeness (QED) is 0.767. The molecule has 0 amide bonds. The lowest BCUT2D eigenvalue weighted by Crippen LogP contribution is -2.03. The van der Waals surface area contributed by atoms with E-state index in [4.69, 9.17) is 0 Å². The number of aromatic nitrogens is 3. The van der Waals surface area contributed by atoms with Gasteiger partial charge < -0.3 is 5.32 Å². The van der Waals surface area contributed by atoms with E-state index in [1.54, 1.807) is 11.3 Å². The van der Waals surface area contributed by atoms with Crippen molar-refractivity contribution in [3.05, 3.63) is 47.0 Å². The lowest BCUT2D eigenvalue weighted by atomic mass is 10.2. The van der Waals surface area contributed by atoms with Gasteiger partial charge in [0.15, 0.2) is 0 Å². The van der Waals surface area contributed by atoms with Crippen LogP contribution in [-0.2, 0) is 6.54 Å². The van der Waals surface area contributed by atoms with Gasteiger partial charge in [-0.05, 0) is 6.07 Å². The van der Waals surface area contributed by atoms with Crippen LogP contribution in [0.1, 0.15) is 5.69 Å². The number of hydrogen-bond donors (Lipinski definition) is 1. The summed E-state index contributed by atoms with van der Waals surface area (Å²) in [4.78, 5) is 12.9. The average Bonchev–Trinajstić information content (AvgIpc) is 2.89. The van der Waals surface area contributed by atoms with Crippen LogP contribution in [-0.4, -0.2) is 15.0 Å². The van der Waals surface area contributed by atoms with Crippen molar-refractivity contribution in [2.45, 2.75) is 6.54 Å². The first-order valence-corrected chi connectivity index (χ1v) is 6.19. The van der Waals surface area contributed by atoms with Gasteiger partial charge in [0.2, 0.25) is 5.95 Å². The van der Waals surface area contributed by atoms with E-state index < -0.39 is 0 Å². The smallest absolute Gasteiger partial charge is 0.223 e. The molecule has 0 bridgehead atoms. The van der Waals surface area contributed by atoms with Crippen LogP contribution in [0.15, 0.2) is 41.4 Å². The molecule has 2 aromatic heterocycles. The largest absolute Gasteiger partial charge is 0.349 e. The van der Waals surface area contributed by atoms with E-state index in [0.29, 0.717) is 12.5 Å². The van der Waals surface area contributed by atoms with E-state index in [9.17, 15) is 0 Å². The lowest BCUT2D eigenvalue weighted by Gasteiger charge is -2.03. The van der Waals surface area contributed by atoms with E-state index >= 15 is 0 Å². The molecule has 4 nitrogen and oxygen atoms in total. The van der Waals surface area contributed by atoms with Crippen LogP contribution in [0.2, 0.25) is 0 Å². The second-order valence-electron chi connectivity index (χ2n) is 3.59. The number of hydrogen-bond acceptors (Lipinski definition) is 5. The second-order valence-corrected chi connectivity index (χ2v) is 4.30. The summed E-state index contributed by atoms with van der Waals surface area (Å²) in [5.41, 5.74) is 3.77. The first-order valence-electron chi connectivity index (χ1n) is 5.24. The van der Waals surface area contributed by atoms with Crippen LogP contribution >= 0.6 is 11.3 Å². The molecule has 0 aliphatic rings. The third-order valence-corrected chi connectivity index (χ3v) is 3.04. The van der Waals surface area contributed by atoms with Gasteiger partial charge >= 0.3 is 0 Å². The van der Waals surface area contributed by atoms with Crippen molar-refractivity contribution in [2.24, 2.45) is 0 Å². The summed E-state index contributed by atoms with van der Waals surface area (Å²) in [6.45, 7) is 0.655. The second kappa shape index (κ2) is 4.47. The zero-order valence-corrected chi connectivity index (χ0v) is 9.81. The molecular formula is C12H10N4S. The Bertz CT molecular complexity index is 621. The van der Waals surface area contributed by atoms with Gasteiger partial charge in [0.1, 0.15) is 0 Å². The molecule has 5 heteroatoms. The predicted octanol–water partition coefficient (Wildman–Crippen LogP) is 2.70. The van der Waals surface area contributed by atoms with Gasteiger partial charge in [-0.15, -0.1) is 11.3 Å². The molecule has 0 radical (unpaired) electrons. The minimum absolute atomic E-state index is 0.636. The maximum Gasteiger partial charge on any atom is 0.223 e. The minimum Gasteiger partial charge on any atom is -0.349 e. The lowest BCUT2D eigenvalue weighted by molar-refractivity contribution is 1.03. The molecule has 0 saturated heterocycles. The summed E-state index contributed by atoms with van der Waals surface area (Å²) in [6, 6.07) is 7.93. The molecule has 0 spiro atoms. The SMILES string of the molecule is c1ccc2nc(NCc3cscn3)ncc2c1. The molecule has 0 fully saturated rings. The fourth-order valence-electron chi connectivity index (χ4n) is 1.55. The maximum atomic E-state index is 4.43. The summed E-state index contributed by atoms with van der Waals surface area (Å²) in [6.07, 6.45) is 1.83. The van der Waals surface area contributed by atoms with E-state index in [0.717, 1.165) is 16.6 Å². The van der Waals surface area contributed by atoms with Crippen LogP contribution in [0.5, 0.6) is 0 Å². The highest BCUT2D eigenvalue weighted by Crippen LogP contribution is 2.12. The van der Waals surface area contributed by atoms with Gasteiger partial charge in [0.05, 0.1) is 23.3 Å². The minimum atomic E-state index is 0.636. The average molecular weight is 242 g/mol. The van der Waals surface area contributed by atoms with Gasteiger partial charge in [-0.3, -0.25) is 0 Å². The van der Waals surface area contributed by atoms with Crippen LogP contribution in [0, 0.1) is 0 Å². The van der Waals surface area contributed by atoms with Crippen LogP contribution in [0.3, 0.4) is 0 Å². The Labute approximate surface area is 102 Å². The molecule has 1 aromatic carbocycles. The Balaban J connectivity index is 1.81. The van der Waals surface area contributed by atoms with Crippen molar-refractivity contribution in [1.29, 1.82) is 0 Å². The highest BCUT2D eigenvalue weighted by molar-refractivity contribution is 7.07.